The van der Waals surface area contributed by atoms with Gasteiger partial charge in [0.2, 0.25) is 6.10 Å². The Morgan fingerprint density at radius 1 is 1.12 bits per heavy atom. The molecule has 6 heteroatoms. The molecule has 3 atom stereocenters. The second-order valence-corrected chi connectivity index (χ2v) is 9.48. The molecule has 0 spiro atoms. The first-order valence-electron chi connectivity index (χ1n) is 12.3. The first-order chi connectivity index (χ1) is 15.5. The summed E-state index contributed by atoms with van der Waals surface area (Å²) in [5, 5.41) is 11.7. The summed E-state index contributed by atoms with van der Waals surface area (Å²) in [5.74, 6) is -1.56. The van der Waals surface area contributed by atoms with Gasteiger partial charge in [0, 0.05) is 18.4 Å². The van der Waals surface area contributed by atoms with Gasteiger partial charge >= 0.3 is 11.9 Å². The van der Waals surface area contributed by atoms with Crippen molar-refractivity contribution in [2.75, 3.05) is 26.7 Å². The largest absolute Gasteiger partial charge is 0.463 e. The average molecular weight is 446 g/mol. The second-order valence-electron chi connectivity index (χ2n) is 9.48. The molecule has 178 valence electrons. The van der Waals surface area contributed by atoms with E-state index in [-0.39, 0.29) is 11.8 Å². The highest BCUT2D eigenvalue weighted by atomic mass is 16.6. The van der Waals surface area contributed by atoms with Gasteiger partial charge in [-0.15, -0.1) is 0 Å². The Bertz CT molecular complexity index is 733. The van der Waals surface area contributed by atoms with E-state index >= 15 is 0 Å². The fourth-order valence-corrected chi connectivity index (χ4v) is 5.10. The Balaban J connectivity index is 1.76. The van der Waals surface area contributed by atoms with Crippen LogP contribution in [-0.2, 0) is 24.7 Å². The third kappa shape index (κ3) is 5.90. The van der Waals surface area contributed by atoms with Gasteiger partial charge < -0.3 is 19.5 Å². The predicted octanol–water partition coefficient (Wildman–Crippen LogP) is 4.05. The number of unbranched alkanes of at least 4 members (excludes halogenated alkanes) is 3. The minimum Gasteiger partial charge on any atom is -0.463 e. The van der Waals surface area contributed by atoms with E-state index in [4.69, 9.17) is 9.47 Å². The second kappa shape index (κ2) is 11.8. The molecule has 1 aromatic carbocycles. The van der Waals surface area contributed by atoms with E-state index < -0.39 is 23.6 Å². The zero-order valence-electron chi connectivity index (χ0n) is 19.6. The lowest BCUT2D eigenvalue weighted by molar-refractivity contribution is -0.190. The SMILES string of the molecule is CCCCCCOC(=O)C(OC(=O)C(O)(c1ccccc1)C1CCCC1)C1CCN(C)C1. The molecule has 0 radical (unpaired) electrons. The number of nitrogens with zero attached hydrogens (tertiary/aromatic N) is 1. The molecule has 1 aliphatic carbocycles. The summed E-state index contributed by atoms with van der Waals surface area (Å²) in [6.07, 6.45) is 7.28. The minimum atomic E-state index is -1.75. The Morgan fingerprint density at radius 3 is 2.47 bits per heavy atom. The van der Waals surface area contributed by atoms with Crippen LogP contribution in [-0.4, -0.2) is 54.8 Å². The highest BCUT2D eigenvalue weighted by molar-refractivity contribution is 5.85. The first kappa shape index (κ1) is 24.7. The van der Waals surface area contributed by atoms with Crippen molar-refractivity contribution in [2.24, 2.45) is 11.8 Å². The molecular weight excluding hydrogens is 406 g/mol. The summed E-state index contributed by atoms with van der Waals surface area (Å²) in [7, 11) is 1.99. The molecule has 3 unspecified atom stereocenters. The highest BCUT2D eigenvalue weighted by Gasteiger charge is 2.50. The molecule has 0 aromatic heterocycles. The van der Waals surface area contributed by atoms with Crippen molar-refractivity contribution < 1.29 is 24.2 Å². The van der Waals surface area contributed by atoms with Gasteiger partial charge in [-0.05, 0) is 44.8 Å². The quantitative estimate of drug-likeness (QED) is 0.409. The maximum Gasteiger partial charge on any atom is 0.347 e. The number of rotatable bonds is 11. The van der Waals surface area contributed by atoms with Crippen LogP contribution in [0, 0.1) is 11.8 Å². The molecular formula is C26H39NO5. The lowest BCUT2D eigenvalue weighted by Crippen LogP contribution is -2.48. The molecule has 1 aliphatic heterocycles. The zero-order chi connectivity index (χ0) is 23.0. The van der Waals surface area contributed by atoms with Crippen LogP contribution in [0.25, 0.3) is 0 Å². The van der Waals surface area contributed by atoms with Gasteiger partial charge in [-0.2, -0.15) is 0 Å². The van der Waals surface area contributed by atoms with Crippen molar-refractivity contribution in [1.82, 2.24) is 4.90 Å². The van der Waals surface area contributed by atoms with E-state index in [1.165, 1.54) is 0 Å². The van der Waals surface area contributed by atoms with Crippen LogP contribution < -0.4 is 0 Å². The number of aliphatic hydroxyl groups is 1. The van der Waals surface area contributed by atoms with E-state index in [0.29, 0.717) is 18.7 Å². The summed E-state index contributed by atoms with van der Waals surface area (Å²) in [5.41, 5.74) is -1.21. The van der Waals surface area contributed by atoms with E-state index in [2.05, 4.69) is 11.8 Å². The Morgan fingerprint density at radius 2 is 1.84 bits per heavy atom. The molecule has 0 bridgehead atoms. The molecule has 32 heavy (non-hydrogen) atoms. The first-order valence-corrected chi connectivity index (χ1v) is 12.3. The Hall–Kier alpha value is -1.92. The summed E-state index contributed by atoms with van der Waals surface area (Å²) >= 11 is 0. The molecule has 1 aromatic rings. The number of carbonyl (C=O) groups is 2. The Labute approximate surface area is 192 Å². The smallest absolute Gasteiger partial charge is 0.347 e. The third-order valence-electron chi connectivity index (χ3n) is 7.04. The van der Waals surface area contributed by atoms with Crippen LogP contribution in [0.15, 0.2) is 30.3 Å². The molecule has 6 nitrogen and oxygen atoms in total. The fraction of sp³-hybridized carbons (Fsp3) is 0.692. The number of ether oxygens (including phenoxy) is 2. The highest BCUT2D eigenvalue weighted by Crippen LogP contribution is 2.42. The van der Waals surface area contributed by atoms with Crippen molar-refractivity contribution in [3.63, 3.8) is 0 Å². The van der Waals surface area contributed by atoms with Gasteiger partial charge in [0.05, 0.1) is 6.61 Å². The van der Waals surface area contributed by atoms with Crippen molar-refractivity contribution in [3.8, 4) is 0 Å². The fourth-order valence-electron chi connectivity index (χ4n) is 5.10. The molecule has 1 saturated carbocycles. The van der Waals surface area contributed by atoms with Gasteiger partial charge in [-0.25, -0.2) is 9.59 Å². The van der Waals surface area contributed by atoms with Gasteiger partial charge in [-0.1, -0.05) is 69.4 Å². The van der Waals surface area contributed by atoms with Gasteiger partial charge in [0.15, 0.2) is 5.60 Å². The monoisotopic (exact) mass is 445 g/mol. The maximum absolute atomic E-state index is 13.5. The third-order valence-corrected chi connectivity index (χ3v) is 7.04. The lowest BCUT2D eigenvalue weighted by atomic mass is 9.80. The van der Waals surface area contributed by atoms with Crippen LogP contribution in [0.5, 0.6) is 0 Å². The standard InChI is InChI=1S/C26H39NO5/c1-3-4-5-11-18-31-24(28)23(20-16-17-27(2)19-20)32-25(29)26(30,22-14-9-10-15-22)21-12-7-6-8-13-21/h6-8,12-13,20,22-23,30H,3-5,9-11,14-19H2,1-2H3. The normalized spacial score (nSPS) is 22.4. The summed E-state index contributed by atoms with van der Waals surface area (Å²) in [4.78, 5) is 28.6. The number of benzene rings is 1. The summed E-state index contributed by atoms with van der Waals surface area (Å²) in [6, 6.07) is 9.03. The van der Waals surface area contributed by atoms with E-state index in [1.807, 2.05) is 25.2 Å². The molecule has 2 fully saturated rings. The summed E-state index contributed by atoms with van der Waals surface area (Å²) in [6.45, 7) is 3.97. The molecule has 1 N–H and O–H groups in total. The van der Waals surface area contributed by atoms with Crippen LogP contribution in [0.2, 0.25) is 0 Å². The number of hydrogen-bond donors (Lipinski definition) is 1. The molecule has 1 saturated heterocycles. The molecule has 3 rings (SSSR count). The van der Waals surface area contributed by atoms with E-state index in [0.717, 1.165) is 64.3 Å². The van der Waals surface area contributed by atoms with Crippen molar-refractivity contribution in [2.45, 2.75) is 76.4 Å². The number of esters is 2. The Kier molecular flexibility index (Phi) is 9.11. The van der Waals surface area contributed by atoms with E-state index in [1.54, 1.807) is 12.1 Å². The molecule has 0 amide bonds. The van der Waals surface area contributed by atoms with Crippen molar-refractivity contribution in [1.29, 1.82) is 0 Å². The summed E-state index contributed by atoms with van der Waals surface area (Å²) < 4.78 is 11.4. The maximum atomic E-state index is 13.5. The average Bonchev–Trinajstić information content (AvgIpc) is 3.49. The predicted molar refractivity (Wildman–Crippen MR) is 123 cm³/mol. The topological polar surface area (TPSA) is 76.1 Å². The van der Waals surface area contributed by atoms with Gasteiger partial charge in [0.25, 0.3) is 0 Å². The molecule has 2 aliphatic rings. The van der Waals surface area contributed by atoms with Crippen LogP contribution in [0.4, 0.5) is 0 Å². The van der Waals surface area contributed by atoms with Crippen molar-refractivity contribution in [3.05, 3.63) is 35.9 Å². The van der Waals surface area contributed by atoms with Crippen molar-refractivity contribution >= 4 is 11.9 Å². The van der Waals surface area contributed by atoms with Crippen LogP contribution in [0.1, 0.15) is 70.3 Å². The number of likely N-dealkylation sites (tertiary alicyclic amines) is 1. The number of carbonyl (C=O) groups excluding carboxylic acids is 2. The van der Waals surface area contributed by atoms with Gasteiger partial charge in [0.1, 0.15) is 0 Å². The van der Waals surface area contributed by atoms with Crippen LogP contribution in [0.3, 0.4) is 0 Å². The van der Waals surface area contributed by atoms with Crippen LogP contribution >= 0.6 is 0 Å². The molecule has 1 heterocycles. The van der Waals surface area contributed by atoms with Gasteiger partial charge in [-0.3, -0.25) is 0 Å². The zero-order valence-corrected chi connectivity index (χ0v) is 19.6. The minimum absolute atomic E-state index is 0.129. The number of hydrogen-bond acceptors (Lipinski definition) is 6. The lowest BCUT2D eigenvalue weighted by Gasteiger charge is -2.34. The van der Waals surface area contributed by atoms with E-state index in [9.17, 15) is 14.7 Å².